The highest BCUT2D eigenvalue weighted by molar-refractivity contribution is 6.44. The number of urea groups is 1. The third-order valence-electron chi connectivity index (χ3n) is 2.70. The van der Waals surface area contributed by atoms with E-state index in [1.165, 1.54) is 0 Å². The van der Waals surface area contributed by atoms with Gasteiger partial charge in [0.05, 0.1) is 0 Å². The first-order valence-corrected chi connectivity index (χ1v) is 6.33. The lowest BCUT2D eigenvalue weighted by atomic mass is 9.95. The maximum atomic E-state index is 11.5. The van der Waals surface area contributed by atoms with Gasteiger partial charge in [-0.15, -0.1) is 23.2 Å². The van der Waals surface area contributed by atoms with Gasteiger partial charge in [0, 0.05) is 5.92 Å². The molecule has 0 aliphatic carbocycles. The Bertz CT molecular complexity index is 272. The molecule has 1 aliphatic heterocycles. The number of halogens is 2. The highest BCUT2D eigenvalue weighted by Crippen LogP contribution is 2.26. The Labute approximate surface area is 105 Å². The van der Waals surface area contributed by atoms with Crippen molar-refractivity contribution in [1.82, 2.24) is 10.6 Å². The first-order valence-electron chi connectivity index (χ1n) is 5.45. The maximum Gasteiger partial charge on any atom is 0.322 e. The Balaban J connectivity index is 2.55. The van der Waals surface area contributed by atoms with Crippen molar-refractivity contribution in [3.05, 3.63) is 0 Å². The molecule has 0 radical (unpaired) electrons. The third-order valence-corrected chi connectivity index (χ3v) is 3.35. The standard InChI is InChI=1S/C10H16Cl2N2O2/c1-2-3-4-5-6(8(11)12)7-9(15)14-10(16)13-7/h6-8H,2-5H2,1H3,(H2,13,14,15,16). The first kappa shape index (κ1) is 13.6. The van der Waals surface area contributed by atoms with Crippen molar-refractivity contribution in [3.63, 3.8) is 0 Å². The van der Waals surface area contributed by atoms with Crippen LogP contribution in [0.3, 0.4) is 0 Å². The van der Waals surface area contributed by atoms with E-state index in [1.54, 1.807) is 0 Å². The summed E-state index contributed by atoms with van der Waals surface area (Å²) in [7, 11) is 0. The molecule has 4 nitrogen and oxygen atoms in total. The smallest absolute Gasteiger partial charge is 0.322 e. The summed E-state index contributed by atoms with van der Waals surface area (Å²) in [6, 6.07) is -1.06. The van der Waals surface area contributed by atoms with Crippen molar-refractivity contribution in [2.24, 2.45) is 5.92 Å². The van der Waals surface area contributed by atoms with Crippen molar-refractivity contribution >= 4 is 35.1 Å². The number of carbonyl (C=O) groups excluding carboxylic acids is 2. The predicted molar refractivity (Wildman–Crippen MR) is 63.6 cm³/mol. The number of rotatable bonds is 6. The molecule has 1 fully saturated rings. The summed E-state index contributed by atoms with van der Waals surface area (Å²) in [5.41, 5.74) is 0. The predicted octanol–water partition coefficient (Wildman–Crippen LogP) is 2.19. The lowest BCUT2D eigenvalue weighted by Crippen LogP contribution is -2.40. The summed E-state index contributed by atoms with van der Waals surface area (Å²) < 4.78 is 0. The largest absolute Gasteiger partial charge is 0.326 e. The molecular formula is C10H16Cl2N2O2. The van der Waals surface area contributed by atoms with Gasteiger partial charge >= 0.3 is 6.03 Å². The van der Waals surface area contributed by atoms with Crippen LogP contribution < -0.4 is 10.6 Å². The zero-order valence-corrected chi connectivity index (χ0v) is 10.6. The molecule has 1 rings (SSSR count). The number of nitrogens with one attached hydrogen (secondary N) is 2. The second kappa shape index (κ2) is 6.30. The summed E-state index contributed by atoms with van der Waals surface area (Å²) in [6.07, 6.45) is 3.85. The van der Waals surface area contributed by atoms with E-state index < -0.39 is 16.9 Å². The van der Waals surface area contributed by atoms with Crippen molar-refractivity contribution in [2.75, 3.05) is 0 Å². The van der Waals surface area contributed by atoms with Crippen LogP contribution in [-0.4, -0.2) is 22.8 Å². The second-order valence-electron chi connectivity index (χ2n) is 3.93. The van der Waals surface area contributed by atoms with Crippen molar-refractivity contribution in [1.29, 1.82) is 0 Å². The summed E-state index contributed by atoms with van der Waals surface area (Å²) in [5, 5.41) is 4.73. The minimum absolute atomic E-state index is 0.221. The monoisotopic (exact) mass is 266 g/mol. The van der Waals surface area contributed by atoms with Crippen molar-refractivity contribution < 1.29 is 9.59 Å². The van der Waals surface area contributed by atoms with E-state index in [0.717, 1.165) is 25.7 Å². The fourth-order valence-electron chi connectivity index (χ4n) is 1.80. The molecule has 16 heavy (non-hydrogen) atoms. The van der Waals surface area contributed by atoms with E-state index in [0.29, 0.717) is 0 Å². The topological polar surface area (TPSA) is 58.2 Å². The molecule has 0 aromatic heterocycles. The highest BCUT2D eigenvalue weighted by atomic mass is 35.5. The number of carbonyl (C=O) groups is 2. The Kier molecular flexibility index (Phi) is 5.35. The van der Waals surface area contributed by atoms with E-state index in [9.17, 15) is 9.59 Å². The van der Waals surface area contributed by atoms with Crippen LogP contribution in [0.4, 0.5) is 4.79 Å². The molecule has 6 heteroatoms. The maximum absolute atomic E-state index is 11.5. The summed E-state index contributed by atoms with van der Waals surface area (Å²) in [6.45, 7) is 2.10. The van der Waals surface area contributed by atoms with E-state index in [2.05, 4.69) is 17.6 Å². The molecule has 1 heterocycles. The Morgan fingerprint density at radius 1 is 1.31 bits per heavy atom. The van der Waals surface area contributed by atoms with Gasteiger partial charge in [0.25, 0.3) is 5.91 Å². The fourth-order valence-corrected chi connectivity index (χ4v) is 2.35. The molecule has 3 amide bonds. The van der Waals surface area contributed by atoms with E-state index >= 15 is 0 Å². The molecule has 0 saturated carbocycles. The van der Waals surface area contributed by atoms with Gasteiger partial charge in [0.1, 0.15) is 10.9 Å². The highest BCUT2D eigenvalue weighted by Gasteiger charge is 2.38. The summed E-state index contributed by atoms with van der Waals surface area (Å²) in [4.78, 5) is 21.8. The number of unbranched alkanes of at least 4 members (excludes halogenated alkanes) is 2. The number of imide groups is 1. The van der Waals surface area contributed by atoms with Gasteiger partial charge in [-0.25, -0.2) is 4.79 Å². The zero-order valence-electron chi connectivity index (χ0n) is 9.13. The van der Waals surface area contributed by atoms with Crippen LogP contribution in [0, 0.1) is 5.92 Å². The number of hydrogen-bond donors (Lipinski definition) is 2. The van der Waals surface area contributed by atoms with Gasteiger partial charge in [-0.2, -0.15) is 0 Å². The quantitative estimate of drug-likeness (QED) is 0.440. The molecule has 1 aliphatic rings. The van der Waals surface area contributed by atoms with Gasteiger partial charge < -0.3 is 5.32 Å². The van der Waals surface area contributed by atoms with Gasteiger partial charge in [-0.05, 0) is 6.42 Å². The molecule has 1 saturated heterocycles. The Morgan fingerprint density at radius 3 is 2.44 bits per heavy atom. The summed E-state index contributed by atoms with van der Waals surface area (Å²) >= 11 is 11.7. The molecule has 0 aromatic rings. The Hall–Kier alpha value is -0.480. The van der Waals surface area contributed by atoms with Crippen LogP contribution in [0.25, 0.3) is 0 Å². The molecule has 0 bridgehead atoms. The number of hydrogen-bond acceptors (Lipinski definition) is 2. The van der Waals surface area contributed by atoms with Crippen LogP contribution in [0.15, 0.2) is 0 Å². The minimum Gasteiger partial charge on any atom is -0.326 e. The van der Waals surface area contributed by atoms with Gasteiger partial charge in [-0.1, -0.05) is 26.2 Å². The van der Waals surface area contributed by atoms with Crippen LogP contribution in [0.5, 0.6) is 0 Å². The average Bonchev–Trinajstić information content (AvgIpc) is 2.52. The third kappa shape index (κ3) is 3.52. The zero-order chi connectivity index (χ0) is 12.1. The van der Waals surface area contributed by atoms with E-state index in [4.69, 9.17) is 23.2 Å². The van der Waals surface area contributed by atoms with Crippen LogP contribution in [-0.2, 0) is 4.79 Å². The molecule has 92 valence electrons. The average molecular weight is 267 g/mol. The molecular weight excluding hydrogens is 251 g/mol. The van der Waals surface area contributed by atoms with Gasteiger partial charge in [-0.3, -0.25) is 10.1 Å². The second-order valence-corrected chi connectivity index (χ2v) is 5.10. The van der Waals surface area contributed by atoms with Crippen LogP contribution in [0.1, 0.15) is 32.6 Å². The van der Waals surface area contributed by atoms with Crippen LogP contribution >= 0.6 is 23.2 Å². The van der Waals surface area contributed by atoms with Gasteiger partial charge in [0.2, 0.25) is 0 Å². The number of amides is 3. The molecule has 0 spiro atoms. The molecule has 2 atom stereocenters. The van der Waals surface area contributed by atoms with E-state index in [1.807, 2.05) is 0 Å². The molecule has 0 aromatic carbocycles. The van der Waals surface area contributed by atoms with Crippen LogP contribution in [0.2, 0.25) is 0 Å². The molecule has 2 N–H and O–H groups in total. The van der Waals surface area contributed by atoms with Crippen molar-refractivity contribution in [2.45, 2.75) is 43.5 Å². The normalized spacial score (nSPS) is 22.1. The first-order chi connectivity index (χ1) is 7.56. The lowest BCUT2D eigenvalue weighted by Gasteiger charge is -2.22. The lowest BCUT2D eigenvalue weighted by molar-refractivity contribution is -0.121. The Morgan fingerprint density at radius 2 is 2.00 bits per heavy atom. The summed E-state index contributed by atoms with van der Waals surface area (Å²) in [5.74, 6) is -0.556. The van der Waals surface area contributed by atoms with E-state index in [-0.39, 0.29) is 11.8 Å². The number of alkyl halides is 2. The van der Waals surface area contributed by atoms with Gasteiger partial charge in [0.15, 0.2) is 0 Å². The minimum atomic E-state index is -0.647. The van der Waals surface area contributed by atoms with Crippen molar-refractivity contribution in [3.8, 4) is 0 Å². The SMILES string of the molecule is CCCCCC(C(Cl)Cl)C1NC(=O)NC1=O. The fraction of sp³-hybridized carbons (Fsp3) is 0.800. The molecule has 2 unspecified atom stereocenters.